The summed E-state index contributed by atoms with van der Waals surface area (Å²) in [6.45, 7) is 0.367. The van der Waals surface area contributed by atoms with Gasteiger partial charge in [0.2, 0.25) is 5.91 Å². The Balaban J connectivity index is 1.98. The molecule has 1 aromatic heterocycles. The van der Waals surface area contributed by atoms with Gasteiger partial charge in [0.05, 0.1) is 19.9 Å². The minimum absolute atomic E-state index is 0.191. The highest BCUT2D eigenvalue weighted by Gasteiger charge is 2.02. The van der Waals surface area contributed by atoms with E-state index >= 15 is 0 Å². The molecule has 2 rings (SSSR count). The van der Waals surface area contributed by atoms with Crippen molar-refractivity contribution < 1.29 is 13.9 Å². The summed E-state index contributed by atoms with van der Waals surface area (Å²) < 4.78 is 11.3. The zero-order chi connectivity index (χ0) is 14.4. The van der Waals surface area contributed by atoms with Crippen molar-refractivity contribution in [2.45, 2.75) is 6.54 Å². The van der Waals surface area contributed by atoms with E-state index < -0.39 is 0 Å². The predicted octanol–water partition coefficient (Wildman–Crippen LogP) is 3.38. The number of amides is 1. The van der Waals surface area contributed by atoms with Gasteiger partial charge in [0.1, 0.15) is 11.5 Å². The number of furan rings is 1. The highest BCUT2D eigenvalue weighted by Crippen LogP contribution is 2.23. The summed E-state index contributed by atoms with van der Waals surface area (Å²) in [5.41, 5.74) is 0.829. The first-order valence-corrected chi connectivity index (χ1v) is 6.80. The van der Waals surface area contributed by atoms with E-state index in [1.807, 2.05) is 18.2 Å². The molecule has 5 heteroatoms. The molecule has 1 amide bonds. The Morgan fingerprint density at radius 1 is 1.45 bits per heavy atom. The number of nitrogens with one attached hydrogen (secondary N) is 1. The number of methoxy groups -OCH3 is 1. The zero-order valence-electron chi connectivity index (χ0n) is 10.9. The fraction of sp³-hybridized carbons (Fsp3) is 0.133. The molecule has 0 atom stereocenters. The van der Waals surface area contributed by atoms with E-state index in [-0.39, 0.29) is 5.91 Å². The number of ether oxygens (including phenoxy) is 1. The predicted molar refractivity (Wildman–Crippen MR) is 80.3 cm³/mol. The molecule has 0 aliphatic carbocycles. The van der Waals surface area contributed by atoms with Gasteiger partial charge >= 0.3 is 0 Å². The van der Waals surface area contributed by atoms with Gasteiger partial charge in [-0.05, 0) is 36.4 Å². The summed E-state index contributed by atoms with van der Waals surface area (Å²) in [6.07, 6.45) is 4.75. The number of hydrogen-bond acceptors (Lipinski definition) is 3. The molecule has 0 unspecified atom stereocenters. The number of rotatable bonds is 5. The molecule has 1 aromatic carbocycles. The number of carbonyl (C=O) groups is 1. The standard InChI is InChI=1S/C15H14BrNO3/c1-19-14-6-5-12(16)9-11(14)4-7-15(18)17-10-13-3-2-8-20-13/h2-9H,10H2,1H3,(H,17,18)/b7-4+. The van der Waals surface area contributed by atoms with Gasteiger partial charge in [0.25, 0.3) is 0 Å². The van der Waals surface area contributed by atoms with Gasteiger partial charge in [0.15, 0.2) is 0 Å². The lowest BCUT2D eigenvalue weighted by Gasteiger charge is -2.05. The maximum atomic E-state index is 11.7. The molecule has 0 bridgehead atoms. The Morgan fingerprint density at radius 2 is 2.30 bits per heavy atom. The SMILES string of the molecule is COc1ccc(Br)cc1/C=C/C(=O)NCc1ccco1. The van der Waals surface area contributed by atoms with E-state index in [0.717, 1.165) is 10.0 Å². The van der Waals surface area contributed by atoms with Crippen molar-refractivity contribution >= 4 is 27.9 Å². The lowest BCUT2D eigenvalue weighted by molar-refractivity contribution is -0.116. The van der Waals surface area contributed by atoms with Crippen LogP contribution in [0, 0.1) is 0 Å². The second kappa shape index (κ2) is 6.96. The molecule has 0 saturated carbocycles. The molecule has 104 valence electrons. The molecule has 0 aliphatic rings. The van der Waals surface area contributed by atoms with E-state index in [4.69, 9.17) is 9.15 Å². The van der Waals surface area contributed by atoms with Crippen molar-refractivity contribution in [3.63, 3.8) is 0 Å². The van der Waals surface area contributed by atoms with E-state index in [1.54, 1.807) is 31.6 Å². The average Bonchev–Trinajstić information content (AvgIpc) is 2.96. The van der Waals surface area contributed by atoms with Crippen molar-refractivity contribution in [1.29, 1.82) is 0 Å². The minimum Gasteiger partial charge on any atom is -0.496 e. The Hall–Kier alpha value is -2.01. The third-order valence-corrected chi connectivity index (χ3v) is 3.12. The van der Waals surface area contributed by atoms with Gasteiger partial charge in [-0.3, -0.25) is 4.79 Å². The van der Waals surface area contributed by atoms with Crippen LogP contribution in [0.5, 0.6) is 5.75 Å². The van der Waals surface area contributed by atoms with Crippen LogP contribution < -0.4 is 10.1 Å². The molecule has 1 N–H and O–H groups in total. The van der Waals surface area contributed by atoms with E-state index in [2.05, 4.69) is 21.2 Å². The van der Waals surface area contributed by atoms with E-state index in [1.165, 1.54) is 6.08 Å². The van der Waals surface area contributed by atoms with Gasteiger partial charge in [0, 0.05) is 16.1 Å². The van der Waals surface area contributed by atoms with Crippen LogP contribution in [0.3, 0.4) is 0 Å². The maximum absolute atomic E-state index is 11.7. The summed E-state index contributed by atoms with van der Waals surface area (Å²) >= 11 is 3.39. The van der Waals surface area contributed by atoms with Gasteiger partial charge in [-0.25, -0.2) is 0 Å². The molecule has 0 fully saturated rings. The Morgan fingerprint density at radius 3 is 3.00 bits per heavy atom. The van der Waals surface area contributed by atoms with Crippen molar-refractivity contribution in [2.75, 3.05) is 7.11 Å². The second-order valence-electron chi connectivity index (χ2n) is 4.02. The number of hydrogen-bond donors (Lipinski definition) is 1. The fourth-order valence-corrected chi connectivity index (χ4v) is 2.03. The molecular weight excluding hydrogens is 322 g/mol. The Kier molecular flexibility index (Phi) is 5.01. The number of benzene rings is 1. The molecule has 0 spiro atoms. The highest BCUT2D eigenvalue weighted by molar-refractivity contribution is 9.10. The van der Waals surface area contributed by atoms with Crippen molar-refractivity contribution in [1.82, 2.24) is 5.32 Å². The van der Waals surface area contributed by atoms with E-state index in [9.17, 15) is 4.79 Å². The van der Waals surface area contributed by atoms with E-state index in [0.29, 0.717) is 18.1 Å². The van der Waals surface area contributed by atoms with Crippen molar-refractivity contribution in [3.8, 4) is 5.75 Å². The summed E-state index contributed by atoms with van der Waals surface area (Å²) in [4.78, 5) is 11.7. The van der Waals surface area contributed by atoms with Crippen LogP contribution in [0.15, 0.2) is 51.6 Å². The van der Waals surface area contributed by atoms with Crippen molar-refractivity contribution in [3.05, 3.63) is 58.5 Å². The monoisotopic (exact) mass is 335 g/mol. The Labute approximate surface area is 125 Å². The topological polar surface area (TPSA) is 51.5 Å². The van der Waals surface area contributed by atoms with Gasteiger partial charge < -0.3 is 14.5 Å². The summed E-state index contributed by atoms with van der Waals surface area (Å²) in [6, 6.07) is 9.19. The van der Waals surface area contributed by atoms with Crippen molar-refractivity contribution in [2.24, 2.45) is 0 Å². The molecule has 4 nitrogen and oxygen atoms in total. The summed E-state index contributed by atoms with van der Waals surface area (Å²) in [5.74, 6) is 1.23. The molecule has 20 heavy (non-hydrogen) atoms. The smallest absolute Gasteiger partial charge is 0.244 e. The fourth-order valence-electron chi connectivity index (χ4n) is 1.65. The first-order chi connectivity index (χ1) is 9.69. The number of halogens is 1. The third kappa shape index (κ3) is 3.99. The maximum Gasteiger partial charge on any atom is 0.244 e. The second-order valence-corrected chi connectivity index (χ2v) is 4.93. The van der Waals surface area contributed by atoms with Gasteiger partial charge in [-0.15, -0.1) is 0 Å². The number of carbonyl (C=O) groups excluding carboxylic acids is 1. The zero-order valence-corrected chi connectivity index (χ0v) is 12.5. The van der Waals surface area contributed by atoms with Crippen LogP contribution in [-0.4, -0.2) is 13.0 Å². The molecule has 0 saturated heterocycles. The largest absolute Gasteiger partial charge is 0.496 e. The average molecular weight is 336 g/mol. The van der Waals surface area contributed by atoms with Crippen LogP contribution in [0.4, 0.5) is 0 Å². The third-order valence-electron chi connectivity index (χ3n) is 2.62. The van der Waals surface area contributed by atoms with Crippen LogP contribution in [0.1, 0.15) is 11.3 Å². The van der Waals surface area contributed by atoms with Gasteiger partial charge in [-0.2, -0.15) is 0 Å². The summed E-state index contributed by atoms with van der Waals surface area (Å²) in [5, 5.41) is 2.74. The molecule has 1 heterocycles. The summed E-state index contributed by atoms with van der Waals surface area (Å²) in [7, 11) is 1.59. The molecule has 0 aliphatic heterocycles. The van der Waals surface area contributed by atoms with Crippen LogP contribution >= 0.6 is 15.9 Å². The van der Waals surface area contributed by atoms with Crippen LogP contribution in [-0.2, 0) is 11.3 Å². The Bertz CT molecular complexity index is 606. The first-order valence-electron chi connectivity index (χ1n) is 6.01. The normalized spacial score (nSPS) is 10.7. The van der Waals surface area contributed by atoms with Gasteiger partial charge in [-0.1, -0.05) is 15.9 Å². The molecule has 0 radical (unpaired) electrons. The van der Waals surface area contributed by atoms with Crippen LogP contribution in [0.2, 0.25) is 0 Å². The quantitative estimate of drug-likeness (QED) is 0.852. The van der Waals surface area contributed by atoms with Crippen LogP contribution in [0.25, 0.3) is 6.08 Å². The molecular formula is C15H14BrNO3. The lowest BCUT2D eigenvalue weighted by atomic mass is 10.2. The lowest BCUT2D eigenvalue weighted by Crippen LogP contribution is -2.19. The minimum atomic E-state index is -0.191. The highest BCUT2D eigenvalue weighted by atomic mass is 79.9. The molecule has 2 aromatic rings. The first kappa shape index (κ1) is 14.4.